The Labute approximate surface area is 237 Å². The van der Waals surface area contributed by atoms with Crippen LogP contribution in [0.5, 0.6) is 0 Å². The van der Waals surface area contributed by atoms with Gasteiger partial charge in [0.15, 0.2) is 17.3 Å². The molecule has 1 aromatic rings. The van der Waals surface area contributed by atoms with Gasteiger partial charge in [-0.25, -0.2) is 0 Å². The van der Waals surface area contributed by atoms with E-state index in [1.807, 2.05) is 26.8 Å². The number of hydrogen-bond acceptors (Lipinski definition) is 7. The SMILES string of the molecule is CC(C)[C@H](CC(=O)[C@H](C)NC(=O)[C@@H](CC(=O)c1ccccc1)C(C)(C)C)C(=O)C(=O)CCC(=O)N1CCOCC1. The third kappa shape index (κ3) is 9.77. The van der Waals surface area contributed by atoms with Crippen LogP contribution in [0.2, 0.25) is 0 Å². The predicted octanol–water partition coefficient (Wildman–Crippen LogP) is 3.44. The summed E-state index contributed by atoms with van der Waals surface area (Å²) in [6.07, 6.45) is -0.484. The molecular weight excluding hydrogens is 512 g/mol. The molecule has 1 N–H and O–H groups in total. The highest BCUT2D eigenvalue weighted by atomic mass is 16.5. The molecule has 2 amide bonds. The zero-order valence-corrected chi connectivity index (χ0v) is 24.7. The highest BCUT2D eigenvalue weighted by Crippen LogP contribution is 2.30. The van der Waals surface area contributed by atoms with E-state index in [9.17, 15) is 28.8 Å². The quantitative estimate of drug-likeness (QED) is 0.275. The molecule has 1 aliphatic heterocycles. The number of morpholine rings is 1. The average molecular weight is 557 g/mol. The molecule has 0 aromatic heterocycles. The van der Waals surface area contributed by atoms with Crippen molar-refractivity contribution in [1.82, 2.24) is 10.2 Å². The van der Waals surface area contributed by atoms with Gasteiger partial charge in [-0.15, -0.1) is 0 Å². The first-order valence-electron chi connectivity index (χ1n) is 14.1. The van der Waals surface area contributed by atoms with E-state index in [1.165, 1.54) is 0 Å². The molecule has 1 heterocycles. The van der Waals surface area contributed by atoms with Crippen LogP contribution >= 0.6 is 0 Å². The smallest absolute Gasteiger partial charge is 0.224 e. The van der Waals surface area contributed by atoms with Gasteiger partial charge in [-0.05, 0) is 18.3 Å². The van der Waals surface area contributed by atoms with Gasteiger partial charge in [-0.3, -0.25) is 28.8 Å². The molecule has 1 aliphatic rings. The second kappa shape index (κ2) is 15.0. The van der Waals surface area contributed by atoms with Crippen molar-refractivity contribution in [3.8, 4) is 0 Å². The number of rotatable bonds is 14. The van der Waals surface area contributed by atoms with Gasteiger partial charge in [-0.2, -0.15) is 0 Å². The maximum Gasteiger partial charge on any atom is 0.224 e. The lowest BCUT2D eigenvalue weighted by Gasteiger charge is -2.30. The second-order valence-electron chi connectivity index (χ2n) is 11.9. The monoisotopic (exact) mass is 556 g/mol. The molecular formula is C31H44N2O7. The maximum absolute atomic E-state index is 13.2. The first-order chi connectivity index (χ1) is 18.7. The van der Waals surface area contributed by atoms with Crippen molar-refractivity contribution in [3.63, 3.8) is 0 Å². The van der Waals surface area contributed by atoms with Gasteiger partial charge in [0.1, 0.15) is 0 Å². The van der Waals surface area contributed by atoms with Crippen molar-refractivity contribution in [2.24, 2.45) is 23.2 Å². The predicted molar refractivity (Wildman–Crippen MR) is 151 cm³/mol. The standard InChI is InChI=1S/C31H44N2O7/c1-20(2)23(29(38)25(34)12-13-28(37)33-14-16-40-17-15-33)18-26(35)21(3)32-30(39)24(31(4,5)6)19-27(36)22-10-8-7-9-11-22/h7-11,20-21,23-24H,12-19H2,1-6H3,(H,32,39)/t21-,23-,24+/m0/s1. The Morgan fingerprint density at radius 3 is 2.05 bits per heavy atom. The number of ketones is 4. The number of Topliss-reactive ketones (excluding diaryl/α,β-unsaturated/α-hetero) is 4. The van der Waals surface area contributed by atoms with Crippen molar-refractivity contribution in [3.05, 3.63) is 35.9 Å². The Bertz CT molecular complexity index is 1070. The minimum atomic E-state index is -0.906. The molecule has 0 saturated carbocycles. The lowest BCUT2D eigenvalue weighted by atomic mass is 9.76. The largest absolute Gasteiger partial charge is 0.378 e. The van der Waals surface area contributed by atoms with Crippen LogP contribution in [0.3, 0.4) is 0 Å². The highest BCUT2D eigenvalue weighted by Gasteiger charge is 2.36. The number of amides is 2. The maximum atomic E-state index is 13.2. The van der Waals surface area contributed by atoms with Crippen LogP contribution in [0.1, 0.15) is 77.6 Å². The molecule has 0 aliphatic carbocycles. The Hall–Kier alpha value is -3.20. The Kier molecular flexibility index (Phi) is 12.4. The number of carbonyl (C=O) groups is 6. The van der Waals surface area contributed by atoms with Gasteiger partial charge in [0.25, 0.3) is 0 Å². The van der Waals surface area contributed by atoms with E-state index in [2.05, 4.69) is 5.32 Å². The molecule has 1 fully saturated rings. The average Bonchev–Trinajstić information content (AvgIpc) is 2.92. The van der Waals surface area contributed by atoms with Crippen molar-refractivity contribution < 1.29 is 33.5 Å². The minimum Gasteiger partial charge on any atom is -0.378 e. The van der Waals surface area contributed by atoms with E-state index in [4.69, 9.17) is 4.74 Å². The second-order valence-corrected chi connectivity index (χ2v) is 11.9. The molecule has 40 heavy (non-hydrogen) atoms. The normalized spacial score (nSPS) is 16.1. The van der Waals surface area contributed by atoms with Crippen molar-refractivity contribution >= 4 is 34.9 Å². The third-order valence-corrected chi connectivity index (χ3v) is 7.46. The van der Waals surface area contributed by atoms with Crippen molar-refractivity contribution in [2.75, 3.05) is 26.3 Å². The number of nitrogens with one attached hydrogen (secondary N) is 1. The summed E-state index contributed by atoms with van der Waals surface area (Å²) in [5.74, 6) is -4.30. The lowest BCUT2D eigenvalue weighted by Crippen LogP contribution is -2.46. The first-order valence-corrected chi connectivity index (χ1v) is 14.1. The summed E-state index contributed by atoms with van der Waals surface area (Å²) in [5.41, 5.74) is -0.0259. The summed E-state index contributed by atoms with van der Waals surface area (Å²) in [6, 6.07) is 7.84. The molecule has 2 rings (SSSR count). The molecule has 0 radical (unpaired) electrons. The molecule has 0 unspecified atom stereocenters. The minimum absolute atomic E-state index is 0.00889. The van der Waals surface area contributed by atoms with Crippen molar-refractivity contribution in [1.29, 1.82) is 0 Å². The summed E-state index contributed by atoms with van der Waals surface area (Å²) < 4.78 is 5.23. The van der Waals surface area contributed by atoms with E-state index in [-0.39, 0.29) is 49.1 Å². The molecule has 0 bridgehead atoms. The van der Waals surface area contributed by atoms with Crippen LogP contribution in [-0.4, -0.2) is 72.2 Å². The van der Waals surface area contributed by atoms with E-state index in [0.717, 1.165) is 0 Å². The number of carbonyl (C=O) groups excluding carboxylic acids is 6. The molecule has 0 spiro atoms. The summed E-state index contributed by atoms with van der Waals surface area (Å²) in [5, 5.41) is 2.73. The van der Waals surface area contributed by atoms with Crippen LogP contribution in [0, 0.1) is 23.2 Å². The van der Waals surface area contributed by atoms with E-state index < -0.39 is 40.8 Å². The molecule has 9 heteroatoms. The fourth-order valence-corrected chi connectivity index (χ4v) is 4.66. The van der Waals surface area contributed by atoms with Gasteiger partial charge in [0, 0.05) is 50.3 Å². The number of nitrogens with zero attached hydrogens (tertiary/aromatic N) is 1. The van der Waals surface area contributed by atoms with Crippen LogP contribution in [0.25, 0.3) is 0 Å². The zero-order valence-electron chi connectivity index (χ0n) is 24.7. The third-order valence-electron chi connectivity index (χ3n) is 7.46. The van der Waals surface area contributed by atoms with Crippen LogP contribution < -0.4 is 5.32 Å². The Morgan fingerprint density at radius 2 is 1.50 bits per heavy atom. The highest BCUT2D eigenvalue weighted by molar-refractivity contribution is 6.38. The first kappa shape index (κ1) is 33.0. The topological polar surface area (TPSA) is 127 Å². The number of benzene rings is 1. The van der Waals surface area contributed by atoms with Gasteiger partial charge >= 0.3 is 0 Å². The number of ether oxygens (including phenoxy) is 1. The van der Waals surface area contributed by atoms with Crippen LogP contribution in [-0.2, 0) is 28.7 Å². The fourth-order valence-electron chi connectivity index (χ4n) is 4.66. The fraction of sp³-hybridized carbons (Fsp3) is 0.613. The summed E-state index contributed by atoms with van der Waals surface area (Å²) in [4.78, 5) is 78.8. The van der Waals surface area contributed by atoms with E-state index in [1.54, 1.807) is 49.9 Å². The van der Waals surface area contributed by atoms with Crippen LogP contribution in [0.15, 0.2) is 30.3 Å². The van der Waals surface area contributed by atoms with Crippen molar-refractivity contribution in [2.45, 2.75) is 73.3 Å². The summed E-state index contributed by atoms with van der Waals surface area (Å²) in [6.45, 7) is 12.5. The molecule has 220 valence electrons. The van der Waals surface area contributed by atoms with Gasteiger partial charge < -0.3 is 15.0 Å². The van der Waals surface area contributed by atoms with Crippen LogP contribution in [0.4, 0.5) is 0 Å². The van der Waals surface area contributed by atoms with Gasteiger partial charge in [-0.1, -0.05) is 65.0 Å². The number of hydrogen-bond donors (Lipinski definition) is 1. The summed E-state index contributed by atoms with van der Waals surface area (Å²) >= 11 is 0. The van der Waals surface area contributed by atoms with E-state index in [0.29, 0.717) is 31.9 Å². The van der Waals surface area contributed by atoms with E-state index >= 15 is 0 Å². The Morgan fingerprint density at radius 1 is 0.900 bits per heavy atom. The van der Waals surface area contributed by atoms with Gasteiger partial charge in [0.2, 0.25) is 17.6 Å². The molecule has 1 aromatic carbocycles. The molecule has 1 saturated heterocycles. The summed E-state index contributed by atoms with van der Waals surface area (Å²) in [7, 11) is 0. The van der Waals surface area contributed by atoms with Gasteiger partial charge in [0.05, 0.1) is 25.2 Å². The zero-order chi connectivity index (χ0) is 30.0. The Balaban J connectivity index is 1.98. The molecule has 9 nitrogen and oxygen atoms in total. The molecule has 3 atom stereocenters. The lowest BCUT2D eigenvalue weighted by molar-refractivity contribution is -0.143.